The highest BCUT2D eigenvalue weighted by Crippen LogP contribution is 2.32. The number of nitrogens with one attached hydrogen (secondary N) is 1. The van der Waals surface area contributed by atoms with Crippen LogP contribution in [0.3, 0.4) is 0 Å². The van der Waals surface area contributed by atoms with Crippen LogP contribution in [0.25, 0.3) is 0 Å². The number of rotatable bonds is 4. The molecule has 1 aromatic carbocycles. The lowest BCUT2D eigenvalue weighted by Gasteiger charge is -2.10. The lowest BCUT2D eigenvalue weighted by molar-refractivity contribution is 0.102. The zero-order valence-electron chi connectivity index (χ0n) is 10.6. The zero-order chi connectivity index (χ0) is 14.7. The third-order valence-electron chi connectivity index (χ3n) is 2.45. The molecule has 106 valence electrons. The second kappa shape index (κ2) is 6.30. The molecule has 0 unspecified atom stereocenters. The van der Waals surface area contributed by atoms with Crippen LogP contribution in [0, 0.1) is 0 Å². The van der Waals surface area contributed by atoms with Crippen LogP contribution in [0.1, 0.15) is 10.5 Å². The second-order valence-electron chi connectivity index (χ2n) is 3.64. The van der Waals surface area contributed by atoms with E-state index in [4.69, 9.17) is 32.7 Å². The molecule has 0 atom stereocenters. The third kappa shape index (κ3) is 2.98. The molecule has 1 heterocycles. The van der Waals surface area contributed by atoms with E-state index in [0.717, 1.165) is 11.5 Å². The summed E-state index contributed by atoms with van der Waals surface area (Å²) >= 11 is 12.6. The minimum atomic E-state index is -0.439. The number of benzene rings is 1. The van der Waals surface area contributed by atoms with Crippen molar-refractivity contribution >= 4 is 46.3 Å². The van der Waals surface area contributed by atoms with Crippen LogP contribution in [-0.4, -0.2) is 24.5 Å². The van der Waals surface area contributed by atoms with E-state index in [2.05, 4.69) is 9.69 Å². The van der Waals surface area contributed by atoms with Crippen LogP contribution >= 0.6 is 34.7 Å². The summed E-state index contributed by atoms with van der Waals surface area (Å²) in [4.78, 5) is 12.0. The van der Waals surface area contributed by atoms with E-state index in [-0.39, 0.29) is 15.1 Å². The van der Waals surface area contributed by atoms with Crippen molar-refractivity contribution in [3.05, 3.63) is 33.3 Å². The van der Waals surface area contributed by atoms with Gasteiger partial charge in [0, 0.05) is 11.8 Å². The molecule has 20 heavy (non-hydrogen) atoms. The van der Waals surface area contributed by atoms with E-state index in [9.17, 15) is 4.79 Å². The molecular weight excluding hydrogens is 323 g/mol. The number of methoxy groups -OCH3 is 2. The molecule has 0 bridgehead atoms. The van der Waals surface area contributed by atoms with Crippen molar-refractivity contribution in [3.63, 3.8) is 0 Å². The number of hydrogen-bond donors (Lipinski definition) is 1. The number of anilines is 1. The van der Waals surface area contributed by atoms with Gasteiger partial charge in [0.25, 0.3) is 5.91 Å². The van der Waals surface area contributed by atoms with Crippen molar-refractivity contribution < 1.29 is 14.3 Å². The van der Waals surface area contributed by atoms with Crippen LogP contribution < -0.4 is 14.8 Å². The van der Waals surface area contributed by atoms with E-state index in [1.807, 2.05) is 0 Å². The van der Waals surface area contributed by atoms with E-state index < -0.39 is 5.91 Å². The third-order valence-corrected chi connectivity index (χ3v) is 4.07. The number of aromatic nitrogens is 1. The average Bonchev–Trinajstić information content (AvgIpc) is 2.79. The average molecular weight is 333 g/mol. The van der Waals surface area contributed by atoms with Crippen molar-refractivity contribution in [1.29, 1.82) is 0 Å². The highest BCUT2D eigenvalue weighted by atomic mass is 35.5. The summed E-state index contributed by atoms with van der Waals surface area (Å²) in [6.45, 7) is 0. The van der Waals surface area contributed by atoms with Gasteiger partial charge in [-0.25, -0.2) is 0 Å². The first-order valence-corrected chi connectivity index (χ1v) is 6.93. The molecule has 0 radical (unpaired) electrons. The predicted molar refractivity (Wildman–Crippen MR) is 79.6 cm³/mol. The van der Waals surface area contributed by atoms with Crippen LogP contribution in [0.2, 0.25) is 9.36 Å². The van der Waals surface area contributed by atoms with Crippen LogP contribution in [-0.2, 0) is 0 Å². The Labute approximate surface area is 129 Å². The Morgan fingerprint density at radius 1 is 1.25 bits per heavy atom. The Kier molecular flexibility index (Phi) is 4.69. The molecule has 1 amide bonds. The lowest BCUT2D eigenvalue weighted by atomic mass is 10.2. The van der Waals surface area contributed by atoms with Gasteiger partial charge in [0.2, 0.25) is 0 Å². The molecule has 1 N–H and O–H groups in total. The zero-order valence-corrected chi connectivity index (χ0v) is 12.9. The van der Waals surface area contributed by atoms with Gasteiger partial charge in [0.1, 0.15) is 9.36 Å². The van der Waals surface area contributed by atoms with Crippen molar-refractivity contribution in [2.45, 2.75) is 0 Å². The van der Waals surface area contributed by atoms with Crippen LogP contribution in [0.4, 0.5) is 5.69 Å². The number of carbonyl (C=O) groups excluding carboxylic acids is 1. The minimum absolute atomic E-state index is 0.0939. The molecule has 2 aromatic rings. The molecule has 0 aliphatic heterocycles. The molecule has 0 saturated carbocycles. The molecule has 0 aliphatic carbocycles. The fraction of sp³-hybridized carbons (Fsp3) is 0.167. The molecule has 0 fully saturated rings. The SMILES string of the molecule is COc1ccc(NC(=O)c2nsc(Cl)c2Cl)cc1OC. The molecule has 5 nitrogen and oxygen atoms in total. The Hall–Kier alpha value is -1.50. The minimum Gasteiger partial charge on any atom is -0.493 e. The number of hydrogen-bond acceptors (Lipinski definition) is 5. The van der Waals surface area contributed by atoms with E-state index in [0.29, 0.717) is 17.2 Å². The number of halogens is 2. The molecule has 0 aliphatic rings. The number of ether oxygens (including phenoxy) is 2. The van der Waals surface area contributed by atoms with Gasteiger partial charge < -0.3 is 14.8 Å². The topological polar surface area (TPSA) is 60.5 Å². The standard InChI is InChI=1S/C12H10Cl2N2O3S/c1-18-7-4-3-6(5-8(7)19-2)15-12(17)10-9(13)11(14)20-16-10/h3-5H,1-2H3,(H,15,17). The van der Waals surface area contributed by atoms with E-state index in [1.54, 1.807) is 18.2 Å². The van der Waals surface area contributed by atoms with Gasteiger partial charge >= 0.3 is 0 Å². The highest BCUT2D eigenvalue weighted by molar-refractivity contribution is 7.11. The molecule has 1 aromatic heterocycles. The van der Waals surface area contributed by atoms with Crippen molar-refractivity contribution in [2.24, 2.45) is 0 Å². The summed E-state index contributed by atoms with van der Waals surface area (Å²) in [6, 6.07) is 5.00. The molecule has 2 rings (SSSR count). The molecule has 0 saturated heterocycles. The molecule has 0 spiro atoms. The van der Waals surface area contributed by atoms with Gasteiger partial charge in [-0.05, 0) is 23.7 Å². The van der Waals surface area contributed by atoms with Crippen molar-refractivity contribution in [3.8, 4) is 11.5 Å². The monoisotopic (exact) mass is 332 g/mol. The first kappa shape index (κ1) is 14.9. The summed E-state index contributed by atoms with van der Waals surface area (Å²) in [5, 5.41) is 2.81. The van der Waals surface area contributed by atoms with Gasteiger partial charge in [-0.3, -0.25) is 4.79 Å². The van der Waals surface area contributed by atoms with Crippen LogP contribution in [0.15, 0.2) is 18.2 Å². The summed E-state index contributed by atoms with van der Waals surface area (Å²) in [5.74, 6) is 0.637. The molecule has 8 heteroatoms. The number of nitrogens with zero attached hydrogens (tertiary/aromatic N) is 1. The largest absolute Gasteiger partial charge is 0.493 e. The normalized spacial score (nSPS) is 10.2. The highest BCUT2D eigenvalue weighted by Gasteiger charge is 2.18. The van der Waals surface area contributed by atoms with Crippen molar-refractivity contribution in [1.82, 2.24) is 4.37 Å². The Balaban J connectivity index is 2.22. The first-order valence-electron chi connectivity index (χ1n) is 5.41. The van der Waals surface area contributed by atoms with Gasteiger partial charge in [-0.2, -0.15) is 4.37 Å². The van der Waals surface area contributed by atoms with Gasteiger partial charge in [0.15, 0.2) is 17.2 Å². The smallest absolute Gasteiger partial charge is 0.276 e. The predicted octanol–water partition coefficient (Wildman–Crippen LogP) is 3.72. The fourth-order valence-electron chi connectivity index (χ4n) is 1.50. The lowest BCUT2D eigenvalue weighted by Crippen LogP contribution is -2.12. The van der Waals surface area contributed by atoms with Gasteiger partial charge in [-0.1, -0.05) is 23.2 Å². The number of amides is 1. The van der Waals surface area contributed by atoms with Gasteiger partial charge in [0.05, 0.1) is 14.2 Å². The molecular formula is C12H10Cl2N2O3S. The number of carbonyl (C=O) groups is 1. The Morgan fingerprint density at radius 2 is 1.95 bits per heavy atom. The maximum Gasteiger partial charge on any atom is 0.276 e. The first-order chi connectivity index (χ1) is 9.56. The fourth-order valence-corrected chi connectivity index (χ4v) is 2.50. The maximum absolute atomic E-state index is 12.0. The second-order valence-corrected chi connectivity index (χ2v) is 5.40. The van der Waals surface area contributed by atoms with E-state index >= 15 is 0 Å². The maximum atomic E-state index is 12.0. The Morgan fingerprint density at radius 3 is 2.50 bits per heavy atom. The quantitative estimate of drug-likeness (QED) is 0.926. The summed E-state index contributed by atoms with van der Waals surface area (Å²) < 4.78 is 14.5. The van der Waals surface area contributed by atoms with Crippen molar-refractivity contribution in [2.75, 3.05) is 19.5 Å². The van der Waals surface area contributed by atoms with E-state index in [1.165, 1.54) is 14.2 Å². The summed E-state index contributed by atoms with van der Waals surface area (Å²) in [6.07, 6.45) is 0. The summed E-state index contributed by atoms with van der Waals surface area (Å²) in [7, 11) is 3.05. The summed E-state index contributed by atoms with van der Waals surface area (Å²) in [5.41, 5.74) is 0.629. The van der Waals surface area contributed by atoms with Gasteiger partial charge in [-0.15, -0.1) is 0 Å². The Bertz CT molecular complexity index is 646. The van der Waals surface area contributed by atoms with Crippen LogP contribution in [0.5, 0.6) is 11.5 Å².